The van der Waals surface area contributed by atoms with Gasteiger partial charge in [-0.3, -0.25) is 0 Å². The van der Waals surface area contributed by atoms with Crippen molar-refractivity contribution in [1.82, 2.24) is 0 Å². The third kappa shape index (κ3) is 4.72. The van der Waals surface area contributed by atoms with Gasteiger partial charge in [0.1, 0.15) is 6.10 Å². The summed E-state index contributed by atoms with van der Waals surface area (Å²) in [4.78, 5) is 11.0. The van der Waals surface area contributed by atoms with Crippen molar-refractivity contribution in [2.45, 2.75) is 33.3 Å². The largest absolute Gasteiger partial charge is 0.459 e. The van der Waals surface area contributed by atoms with Crippen LogP contribution in [0.25, 0.3) is 0 Å². The number of ether oxygens (including phenoxy) is 1. The molecule has 68 valence electrons. The minimum absolute atomic E-state index is 0.0644. The highest BCUT2D eigenvalue weighted by molar-refractivity contribution is 5.87. The number of rotatable bonds is 4. The van der Waals surface area contributed by atoms with Crippen molar-refractivity contribution in [3.63, 3.8) is 0 Å². The van der Waals surface area contributed by atoms with Crippen molar-refractivity contribution in [2.75, 3.05) is 0 Å². The lowest BCUT2D eigenvalue weighted by molar-refractivity contribution is -0.143. The smallest absolute Gasteiger partial charge is 0.333 e. The van der Waals surface area contributed by atoms with E-state index < -0.39 is 0 Å². The summed E-state index contributed by atoms with van der Waals surface area (Å²) in [5.74, 6) is -0.313. The van der Waals surface area contributed by atoms with Crippen LogP contribution in [0.5, 0.6) is 0 Å². The molecule has 2 heteroatoms. The minimum atomic E-state index is -0.313. The Bertz CT molecular complexity index is 192. The molecular weight excluding hydrogens is 152 g/mol. The number of hydrogen-bond acceptors (Lipinski definition) is 2. The highest BCUT2D eigenvalue weighted by atomic mass is 16.5. The molecule has 0 rings (SSSR count). The van der Waals surface area contributed by atoms with E-state index in [9.17, 15) is 4.79 Å². The molecule has 2 nitrogen and oxygen atoms in total. The average molecular weight is 168 g/mol. The molecule has 0 aromatic carbocycles. The molecule has 0 saturated heterocycles. The Balaban J connectivity index is 3.76. The molecule has 0 amide bonds. The SMILES string of the molecule is C=C(C)C(=O)OC(C)CC=CC. The number of carbonyl (C=O) groups excluding carboxylic acids is 1. The van der Waals surface area contributed by atoms with E-state index in [0.29, 0.717) is 5.57 Å². The normalized spacial score (nSPS) is 12.9. The van der Waals surface area contributed by atoms with Crippen LogP contribution in [-0.2, 0) is 9.53 Å². The van der Waals surface area contributed by atoms with E-state index >= 15 is 0 Å². The van der Waals surface area contributed by atoms with Crippen molar-refractivity contribution >= 4 is 5.97 Å². The fourth-order valence-corrected chi connectivity index (χ4v) is 0.659. The van der Waals surface area contributed by atoms with Gasteiger partial charge in [0.25, 0.3) is 0 Å². The number of hydrogen-bond donors (Lipinski definition) is 0. The first kappa shape index (κ1) is 11.0. The first-order valence-corrected chi connectivity index (χ1v) is 4.05. The summed E-state index contributed by atoms with van der Waals surface area (Å²) in [5.41, 5.74) is 0.447. The number of esters is 1. The summed E-state index contributed by atoms with van der Waals surface area (Å²) in [6.45, 7) is 8.94. The molecule has 1 atom stereocenters. The molecule has 0 heterocycles. The van der Waals surface area contributed by atoms with Gasteiger partial charge >= 0.3 is 5.97 Å². The zero-order valence-electron chi connectivity index (χ0n) is 7.96. The van der Waals surface area contributed by atoms with E-state index in [0.717, 1.165) is 6.42 Å². The maximum absolute atomic E-state index is 11.0. The van der Waals surface area contributed by atoms with Gasteiger partial charge in [0.05, 0.1) is 0 Å². The maximum atomic E-state index is 11.0. The summed E-state index contributed by atoms with van der Waals surface area (Å²) in [6.07, 6.45) is 4.60. The Kier molecular flexibility index (Phi) is 5.09. The molecule has 0 aromatic rings. The fourth-order valence-electron chi connectivity index (χ4n) is 0.659. The van der Waals surface area contributed by atoms with Crippen LogP contribution >= 0.6 is 0 Å². The quantitative estimate of drug-likeness (QED) is 0.366. The second-order valence-electron chi connectivity index (χ2n) is 2.80. The molecule has 0 aromatic heterocycles. The molecule has 0 radical (unpaired) electrons. The molecule has 12 heavy (non-hydrogen) atoms. The Morgan fingerprint density at radius 1 is 1.67 bits per heavy atom. The molecular formula is C10H16O2. The predicted molar refractivity (Wildman–Crippen MR) is 49.8 cm³/mol. The van der Waals surface area contributed by atoms with Crippen LogP contribution in [0.2, 0.25) is 0 Å². The van der Waals surface area contributed by atoms with Gasteiger partial charge in [0.2, 0.25) is 0 Å². The topological polar surface area (TPSA) is 26.3 Å². The third-order valence-electron chi connectivity index (χ3n) is 1.36. The first-order chi connectivity index (χ1) is 5.57. The van der Waals surface area contributed by atoms with Gasteiger partial charge in [-0.2, -0.15) is 0 Å². The monoisotopic (exact) mass is 168 g/mol. The van der Waals surface area contributed by atoms with Crippen molar-refractivity contribution < 1.29 is 9.53 Å². The zero-order valence-corrected chi connectivity index (χ0v) is 7.96. The molecule has 1 unspecified atom stereocenters. The van der Waals surface area contributed by atoms with Gasteiger partial charge in [0, 0.05) is 12.0 Å². The Labute approximate surface area is 73.9 Å². The second-order valence-corrected chi connectivity index (χ2v) is 2.80. The van der Waals surface area contributed by atoms with Crippen molar-refractivity contribution in [3.8, 4) is 0 Å². The lowest BCUT2D eigenvalue weighted by atomic mass is 10.2. The minimum Gasteiger partial charge on any atom is -0.459 e. The molecule has 0 N–H and O–H groups in total. The van der Waals surface area contributed by atoms with E-state index in [-0.39, 0.29) is 12.1 Å². The molecule has 0 bridgehead atoms. The van der Waals surface area contributed by atoms with Crippen molar-refractivity contribution in [2.24, 2.45) is 0 Å². The Morgan fingerprint density at radius 3 is 2.67 bits per heavy atom. The molecule has 0 aliphatic carbocycles. The lowest BCUT2D eigenvalue weighted by Gasteiger charge is -2.10. The van der Waals surface area contributed by atoms with Gasteiger partial charge in [-0.15, -0.1) is 0 Å². The summed E-state index contributed by atoms with van der Waals surface area (Å²) >= 11 is 0. The first-order valence-electron chi connectivity index (χ1n) is 4.05. The highest BCUT2D eigenvalue weighted by Gasteiger charge is 2.07. The lowest BCUT2D eigenvalue weighted by Crippen LogP contribution is -2.14. The highest BCUT2D eigenvalue weighted by Crippen LogP contribution is 2.02. The van der Waals surface area contributed by atoms with Crippen LogP contribution < -0.4 is 0 Å². The molecule has 0 saturated carbocycles. The Morgan fingerprint density at radius 2 is 2.25 bits per heavy atom. The number of carbonyl (C=O) groups is 1. The molecule has 0 fully saturated rings. The molecule has 0 aliphatic rings. The maximum Gasteiger partial charge on any atom is 0.333 e. The second kappa shape index (κ2) is 5.58. The summed E-state index contributed by atoms with van der Waals surface area (Å²) in [6, 6.07) is 0. The fraction of sp³-hybridized carbons (Fsp3) is 0.500. The van der Waals surface area contributed by atoms with E-state index in [1.807, 2.05) is 26.0 Å². The predicted octanol–water partition coefficient (Wildman–Crippen LogP) is 2.46. The third-order valence-corrected chi connectivity index (χ3v) is 1.36. The van der Waals surface area contributed by atoms with E-state index in [1.54, 1.807) is 6.92 Å². The number of allylic oxidation sites excluding steroid dienone is 1. The summed E-state index contributed by atoms with van der Waals surface area (Å²) < 4.78 is 5.02. The van der Waals surface area contributed by atoms with Crippen LogP contribution in [0.3, 0.4) is 0 Å². The van der Waals surface area contributed by atoms with Gasteiger partial charge in [0.15, 0.2) is 0 Å². The van der Waals surface area contributed by atoms with Crippen LogP contribution in [-0.4, -0.2) is 12.1 Å². The standard InChI is InChI=1S/C10H16O2/c1-5-6-7-9(4)12-10(11)8(2)3/h5-6,9H,2,7H2,1,3-4H3. The van der Waals surface area contributed by atoms with Gasteiger partial charge in [-0.1, -0.05) is 18.7 Å². The van der Waals surface area contributed by atoms with Gasteiger partial charge in [-0.05, 0) is 20.8 Å². The van der Waals surface area contributed by atoms with Crippen LogP contribution in [0, 0.1) is 0 Å². The van der Waals surface area contributed by atoms with Crippen LogP contribution in [0.15, 0.2) is 24.3 Å². The van der Waals surface area contributed by atoms with E-state index in [1.165, 1.54) is 0 Å². The molecule has 0 spiro atoms. The zero-order chi connectivity index (χ0) is 9.56. The Hall–Kier alpha value is -1.05. The van der Waals surface area contributed by atoms with Crippen molar-refractivity contribution in [3.05, 3.63) is 24.3 Å². The van der Waals surface area contributed by atoms with E-state index in [2.05, 4.69) is 6.58 Å². The van der Waals surface area contributed by atoms with Crippen LogP contribution in [0.1, 0.15) is 27.2 Å². The van der Waals surface area contributed by atoms with Gasteiger partial charge < -0.3 is 4.74 Å². The van der Waals surface area contributed by atoms with Crippen molar-refractivity contribution in [1.29, 1.82) is 0 Å². The van der Waals surface area contributed by atoms with Crippen LogP contribution in [0.4, 0.5) is 0 Å². The average Bonchev–Trinajstić information content (AvgIpc) is 2.00. The van der Waals surface area contributed by atoms with Gasteiger partial charge in [-0.25, -0.2) is 4.79 Å². The van der Waals surface area contributed by atoms with E-state index in [4.69, 9.17) is 4.74 Å². The molecule has 0 aliphatic heterocycles. The summed E-state index contributed by atoms with van der Waals surface area (Å²) in [7, 11) is 0. The summed E-state index contributed by atoms with van der Waals surface area (Å²) in [5, 5.41) is 0.